The van der Waals surface area contributed by atoms with Crippen LogP contribution >= 0.6 is 11.6 Å². The molecule has 0 aliphatic rings. The Hall–Kier alpha value is -1.45. The Kier molecular flexibility index (Phi) is 3.17. The number of ketones is 1. The highest BCUT2D eigenvalue weighted by molar-refractivity contribution is 6.33. The lowest BCUT2D eigenvalue weighted by Crippen LogP contribution is -2.09. The Balaban J connectivity index is 2.54. The predicted octanol–water partition coefficient (Wildman–Crippen LogP) is 2.42. The molecule has 2 rings (SSSR count). The third kappa shape index (κ3) is 2.05. The standard InChI is InChI=1S/C12H11ClN2O/c13-12-9(11(16)5-6-14)7-8-3-1-2-4-10(8)15-12/h1-4,7H,5-6,14H2. The fraction of sp³-hybridized carbons (Fsp3) is 0.167. The van der Waals surface area contributed by atoms with Crippen molar-refractivity contribution in [1.82, 2.24) is 4.98 Å². The number of hydrogen-bond acceptors (Lipinski definition) is 3. The highest BCUT2D eigenvalue weighted by atomic mass is 35.5. The molecule has 0 spiro atoms. The summed E-state index contributed by atoms with van der Waals surface area (Å²) in [4.78, 5) is 15.9. The van der Waals surface area contributed by atoms with Crippen LogP contribution in [-0.2, 0) is 0 Å². The summed E-state index contributed by atoms with van der Waals surface area (Å²) in [6.07, 6.45) is 0.291. The molecular weight excluding hydrogens is 224 g/mol. The second kappa shape index (κ2) is 4.60. The van der Waals surface area contributed by atoms with Crippen LogP contribution in [0.2, 0.25) is 5.15 Å². The second-order valence-corrected chi connectivity index (χ2v) is 3.84. The number of fused-ring (bicyclic) bond motifs is 1. The lowest BCUT2D eigenvalue weighted by molar-refractivity contribution is 0.0985. The van der Waals surface area contributed by atoms with E-state index >= 15 is 0 Å². The molecular formula is C12H11ClN2O. The van der Waals surface area contributed by atoms with Gasteiger partial charge in [-0.1, -0.05) is 29.8 Å². The van der Waals surface area contributed by atoms with Gasteiger partial charge in [-0.2, -0.15) is 0 Å². The number of benzene rings is 1. The molecule has 0 amide bonds. The molecule has 0 atom stereocenters. The number of para-hydroxylation sites is 1. The van der Waals surface area contributed by atoms with Crippen LogP contribution in [-0.4, -0.2) is 17.3 Å². The molecule has 0 bridgehead atoms. The van der Waals surface area contributed by atoms with Gasteiger partial charge in [-0.05, 0) is 18.7 Å². The van der Waals surface area contributed by atoms with E-state index in [4.69, 9.17) is 17.3 Å². The zero-order valence-electron chi connectivity index (χ0n) is 8.61. The second-order valence-electron chi connectivity index (χ2n) is 3.48. The fourth-order valence-corrected chi connectivity index (χ4v) is 1.80. The van der Waals surface area contributed by atoms with Gasteiger partial charge in [-0.25, -0.2) is 4.98 Å². The predicted molar refractivity (Wildman–Crippen MR) is 64.8 cm³/mol. The number of rotatable bonds is 3. The number of hydrogen-bond donors (Lipinski definition) is 1. The summed E-state index contributed by atoms with van der Waals surface area (Å²) in [5.41, 5.74) is 6.58. The largest absolute Gasteiger partial charge is 0.330 e. The van der Waals surface area contributed by atoms with Gasteiger partial charge in [-0.15, -0.1) is 0 Å². The first-order valence-electron chi connectivity index (χ1n) is 5.01. The van der Waals surface area contributed by atoms with E-state index in [9.17, 15) is 4.79 Å². The molecule has 0 unspecified atom stereocenters. The SMILES string of the molecule is NCCC(=O)c1cc2ccccc2nc1Cl. The van der Waals surface area contributed by atoms with Crippen LogP contribution in [0.3, 0.4) is 0 Å². The summed E-state index contributed by atoms with van der Waals surface area (Å²) in [6, 6.07) is 9.31. The molecule has 3 nitrogen and oxygen atoms in total. The Morgan fingerprint density at radius 1 is 1.38 bits per heavy atom. The van der Waals surface area contributed by atoms with Crippen molar-refractivity contribution in [2.45, 2.75) is 6.42 Å². The van der Waals surface area contributed by atoms with Crippen molar-refractivity contribution in [2.24, 2.45) is 5.73 Å². The molecule has 2 N–H and O–H groups in total. The average Bonchev–Trinajstić information content (AvgIpc) is 2.28. The summed E-state index contributed by atoms with van der Waals surface area (Å²) >= 11 is 5.96. The van der Waals surface area contributed by atoms with E-state index in [-0.39, 0.29) is 10.9 Å². The molecule has 0 aliphatic carbocycles. The number of carbonyl (C=O) groups is 1. The van der Waals surface area contributed by atoms with Gasteiger partial charge >= 0.3 is 0 Å². The first-order chi connectivity index (χ1) is 7.72. The monoisotopic (exact) mass is 234 g/mol. The van der Waals surface area contributed by atoms with Crippen LogP contribution in [0.5, 0.6) is 0 Å². The Morgan fingerprint density at radius 3 is 2.88 bits per heavy atom. The maximum absolute atomic E-state index is 11.7. The molecule has 0 radical (unpaired) electrons. The zero-order valence-corrected chi connectivity index (χ0v) is 9.37. The first kappa shape index (κ1) is 11.0. The smallest absolute Gasteiger partial charge is 0.167 e. The minimum atomic E-state index is -0.0641. The van der Waals surface area contributed by atoms with E-state index in [0.29, 0.717) is 18.5 Å². The van der Waals surface area contributed by atoms with Crippen LogP contribution in [0.15, 0.2) is 30.3 Å². The zero-order chi connectivity index (χ0) is 11.5. The van der Waals surface area contributed by atoms with Gasteiger partial charge in [0.25, 0.3) is 0 Å². The minimum absolute atomic E-state index is 0.0641. The summed E-state index contributed by atoms with van der Waals surface area (Å²) in [6.45, 7) is 0.321. The number of nitrogens with zero attached hydrogens (tertiary/aromatic N) is 1. The van der Waals surface area contributed by atoms with Crippen molar-refractivity contribution >= 4 is 28.3 Å². The van der Waals surface area contributed by atoms with Crippen LogP contribution < -0.4 is 5.73 Å². The van der Waals surface area contributed by atoms with Crippen molar-refractivity contribution in [2.75, 3.05) is 6.54 Å². The lowest BCUT2D eigenvalue weighted by Gasteiger charge is -2.04. The normalized spacial score (nSPS) is 10.6. The molecule has 1 aromatic carbocycles. The molecule has 4 heteroatoms. The van der Waals surface area contributed by atoms with Crippen molar-refractivity contribution in [3.05, 3.63) is 41.0 Å². The van der Waals surface area contributed by atoms with Gasteiger partial charge in [0.15, 0.2) is 5.78 Å². The molecule has 1 aromatic heterocycles. The number of nitrogens with two attached hydrogens (primary N) is 1. The summed E-state index contributed by atoms with van der Waals surface area (Å²) in [5, 5.41) is 1.16. The Bertz CT molecular complexity index is 540. The van der Waals surface area contributed by atoms with Gasteiger partial charge in [-0.3, -0.25) is 4.79 Å². The van der Waals surface area contributed by atoms with Gasteiger partial charge in [0.05, 0.1) is 11.1 Å². The van der Waals surface area contributed by atoms with E-state index < -0.39 is 0 Å². The lowest BCUT2D eigenvalue weighted by atomic mass is 10.1. The maximum Gasteiger partial charge on any atom is 0.167 e. The number of carbonyl (C=O) groups excluding carboxylic acids is 1. The average molecular weight is 235 g/mol. The van der Waals surface area contributed by atoms with Crippen molar-refractivity contribution in [1.29, 1.82) is 0 Å². The molecule has 2 aromatic rings. The van der Waals surface area contributed by atoms with Crippen molar-refractivity contribution in [3.8, 4) is 0 Å². The van der Waals surface area contributed by atoms with Crippen molar-refractivity contribution < 1.29 is 4.79 Å². The molecule has 1 heterocycles. The van der Waals surface area contributed by atoms with Gasteiger partial charge in [0.2, 0.25) is 0 Å². The Morgan fingerprint density at radius 2 is 2.12 bits per heavy atom. The van der Waals surface area contributed by atoms with Crippen molar-refractivity contribution in [3.63, 3.8) is 0 Å². The highest BCUT2D eigenvalue weighted by Gasteiger charge is 2.11. The van der Waals surface area contributed by atoms with Crippen LogP contribution in [0.1, 0.15) is 16.8 Å². The van der Waals surface area contributed by atoms with Gasteiger partial charge < -0.3 is 5.73 Å². The van der Waals surface area contributed by atoms with E-state index in [1.165, 1.54) is 0 Å². The molecule has 16 heavy (non-hydrogen) atoms. The molecule has 82 valence electrons. The third-order valence-electron chi connectivity index (χ3n) is 2.35. The molecule has 0 aliphatic heterocycles. The van der Waals surface area contributed by atoms with Crippen LogP contribution in [0.25, 0.3) is 10.9 Å². The van der Waals surface area contributed by atoms with Crippen LogP contribution in [0, 0.1) is 0 Å². The maximum atomic E-state index is 11.7. The minimum Gasteiger partial charge on any atom is -0.330 e. The number of pyridine rings is 1. The molecule has 0 saturated heterocycles. The summed E-state index contributed by atoms with van der Waals surface area (Å²) in [5.74, 6) is -0.0641. The third-order valence-corrected chi connectivity index (χ3v) is 2.64. The fourth-order valence-electron chi connectivity index (χ4n) is 1.55. The first-order valence-corrected chi connectivity index (χ1v) is 5.38. The van der Waals surface area contributed by atoms with Crippen LogP contribution in [0.4, 0.5) is 0 Å². The number of Topliss-reactive ketones (excluding diaryl/α,β-unsaturated/α-hetero) is 1. The molecule has 0 fully saturated rings. The number of aromatic nitrogens is 1. The summed E-state index contributed by atoms with van der Waals surface area (Å²) < 4.78 is 0. The quantitative estimate of drug-likeness (QED) is 0.656. The van der Waals surface area contributed by atoms with E-state index in [0.717, 1.165) is 10.9 Å². The van der Waals surface area contributed by atoms with E-state index in [1.807, 2.05) is 24.3 Å². The summed E-state index contributed by atoms with van der Waals surface area (Å²) in [7, 11) is 0. The van der Waals surface area contributed by atoms with E-state index in [2.05, 4.69) is 4.98 Å². The van der Waals surface area contributed by atoms with Gasteiger partial charge in [0.1, 0.15) is 5.15 Å². The van der Waals surface area contributed by atoms with E-state index in [1.54, 1.807) is 6.07 Å². The van der Waals surface area contributed by atoms with Gasteiger partial charge in [0, 0.05) is 11.8 Å². The topological polar surface area (TPSA) is 56.0 Å². The Labute approximate surface area is 98.2 Å². The number of halogens is 1. The highest BCUT2D eigenvalue weighted by Crippen LogP contribution is 2.21. The molecule has 0 saturated carbocycles.